The average molecular weight is 314 g/mol. The van der Waals surface area contributed by atoms with Gasteiger partial charge in [0.25, 0.3) is 0 Å². The molecule has 1 aliphatic heterocycles. The average Bonchev–Trinajstić information content (AvgIpc) is 2.40. The van der Waals surface area contributed by atoms with Crippen LogP contribution in [0.1, 0.15) is 39.0 Å². The Hall–Kier alpha value is -0.880. The second-order valence-corrected chi connectivity index (χ2v) is 5.43. The minimum atomic E-state index is 0.584. The number of hydrazine groups is 1. The number of piperidine rings is 1. The lowest BCUT2D eigenvalue weighted by Gasteiger charge is -2.37. The fourth-order valence-corrected chi connectivity index (χ4v) is 3.12. The predicted octanol–water partition coefficient (Wildman–Crippen LogP) is 2.68. The summed E-state index contributed by atoms with van der Waals surface area (Å²) in [5.74, 6) is 7.05. The molecule has 0 bridgehead atoms. The van der Waals surface area contributed by atoms with Gasteiger partial charge >= 0.3 is 0 Å². The Balaban J connectivity index is 2.27. The molecule has 0 aromatic carbocycles. The number of nitrogen functional groups attached to an aromatic ring is 1. The van der Waals surface area contributed by atoms with E-state index in [0.29, 0.717) is 11.9 Å². The van der Waals surface area contributed by atoms with Crippen molar-refractivity contribution in [1.82, 2.24) is 9.97 Å². The number of anilines is 2. The van der Waals surface area contributed by atoms with Crippen LogP contribution in [-0.4, -0.2) is 22.6 Å². The molecule has 3 N–H and O–H groups in total. The van der Waals surface area contributed by atoms with Crippen LogP contribution in [0.3, 0.4) is 0 Å². The van der Waals surface area contributed by atoms with E-state index in [4.69, 9.17) is 5.84 Å². The highest BCUT2D eigenvalue weighted by Gasteiger charge is 2.25. The summed E-state index contributed by atoms with van der Waals surface area (Å²) in [5, 5.41) is 0. The van der Waals surface area contributed by atoms with Crippen LogP contribution in [-0.2, 0) is 0 Å². The van der Waals surface area contributed by atoms with E-state index in [-0.39, 0.29) is 0 Å². The van der Waals surface area contributed by atoms with Gasteiger partial charge < -0.3 is 10.3 Å². The molecule has 0 amide bonds. The Morgan fingerprint density at radius 3 is 3.06 bits per heavy atom. The quantitative estimate of drug-likeness (QED) is 0.661. The van der Waals surface area contributed by atoms with Crippen molar-refractivity contribution in [1.29, 1.82) is 0 Å². The summed E-state index contributed by atoms with van der Waals surface area (Å²) >= 11 is 3.55. The van der Waals surface area contributed by atoms with Crippen molar-refractivity contribution in [3.63, 3.8) is 0 Å². The van der Waals surface area contributed by atoms with Crippen LogP contribution in [0.4, 0.5) is 11.6 Å². The zero-order chi connectivity index (χ0) is 13.0. The molecule has 1 saturated heterocycles. The molecule has 18 heavy (non-hydrogen) atoms. The summed E-state index contributed by atoms with van der Waals surface area (Å²) in [7, 11) is 0. The number of halogens is 1. The molecule has 1 aromatic rings. The molecule has 5 nitrogen and oxygen atoms in total. The van der Waals surface area contributed by atoms with Gasteiger partial charge in [-0.15, -0.1) is 0 Å². The molecule has 6 heteroatoms. The van der Waals surface area contributed by atoms with Gasteiger partial charge in [0.1, 0.15) is 16.6 Å². The lowest BCUT2D eigenvalue weighted by Crippen LogP contribution is -2.40. The Morgan fingerprint density at radius 1 is 1.50 bits per heavy atom. The van der Waals surface area contributed by atoms with Crippen molar-refractivity contribution < 1.29 is 0 Å². The minimum Gasteiger partial charge on any atom is -0.353 e. The van der Waals surface area contributed by atoms with Gasteiger partial charge in [0, 0.05) is 12.6 Å². The summed E-state index contributed by atoms with van der Waals surface area (Å²) < 4.78 is 0.857. The first-order chi connectivity index (χ1) is 8.77. The molecule has 2 rings (SSSR count). The Labute approximate surface area is 116 Å². The number of nitrogens with zero attached hydrogens (tertiary/aromatic N) is 3. The third kappa shape index (κ3) is 2.75. The molecule has 0 aliphatic carbocycles. The summed E-state index contributed by atoms with van der Waals surface area (Å²) in [6.07, 6.45) is 7.75. The van der Waals surface area contributed by atoms with Crippen molar-refractivity contribution >= 4 is 27.6 Å². The smallest absolute Gasteiger partial charge is 0.159 e. The standard InChI is InChI=1S/C12H20BrN5/c1-2-5-9-6-3-4-7-18(9)12-10(13)11(17-14)15-8-16-12/h8-9H,2-7,14H2,1H3,(H,15,16,17). The monoisotopic (exact) mass is 313 g/mol. The molecule has 2 heterocycles. The maximum atomic E-state index is 5.45. The normalized spacial score (nSPS) is 19.9. The fourth-order valence-electron chi connectivity index (χ4n) is 2.57. The van der Waals surface area contributed by atoms with E-state index in [1.165, 1.54) is 32.1 Å². The van der Waals surface area contributed by atoms with Gasteiger partial charge in [-0.3, -0.25) is 0 Å². The largest absolute Gasteiger partial charge is 0.353 e. The first-order valence-electron chi connectivity index (χ1n) is 6.51. The summed E-state index contributed by atoms with van der Waals surface area (Å²) in [4.78, 5) is 10.9. The lowest BCUT2D eigenvalue weighted by molar-refractivity contribution is 0.431. The third-order valence-electron chi connectivity index (χ3n) is 3.43. The van der Waals surface area contributed by atoms with Crippen LogP contribution in [0, 0.1) is 0 Å². The highest BCUT2D eigenvalue weighted by Crippen LogP contribution is 2.33. The SMILES string of the molecule is CCCC1CCCCN1c1ncnc(NN)c1Br. The Morgan fingerprint density at radius 2 is 2.33 bits per heavy atom. The van der Waals surface area contributed by atoms with Crippen LogP contribution in [0.2, 0.25) is 0 Å². The fraction of sp³-hybridized carbons (Fsp3) is 0.667. The molecule has 0 radical (unpaired) electrons. The number of hydrogen-bond acceptors (Lipinski definition) is 5. The van der Waals surface area contributed by atoms with Gasteiger partial charge in [-0.1, -0.05) is 13.3 Å². The number of aromatic nitrogens is 2. The van der Waals surface area contributed by atoms with Gasteiger partial charge in [-0.2, -0.15) is 0 Å². The van der Waals surface area contributed by atoms with E-state index in [0.717, 1.165) is 16.8 Å². The van der Waals surface area contributed by atoms with Crippen molar-refractivity contribution in [3.8, 4) is 0 Å². The van der Waals surface area contributed by atoms with Gasteiger partial charge in [0.15, 0.2) is 5.82 Å². The van der Waals surface area contributed by atoms with Crippen molar-refractivity contribution in [2.75, 3.05) is 16.9 Å². The second kappa shape index (κ2) is 6.33. The van der Waals surface area contributed by atoms with E-state index in [1.54, 1.807) is 6.33 Å². The van der Waals surface area contributed by atoms with Crippen molar-refractivity contribution in [3.05, 3.63) is 10.8 Å². The van der Waals surface area contributed by atoms with E-state index in [1.807, 2.05) is 0 Å². The number of nitrogens with one attached hydrogen (secondary N) is 1. The Bertz CT molecular complexity index is 396. The molecule has 0 saturated carbocycles. The van der Waals surface area contributed by atoms with Crippen LogP contribution >= 0.6 is 15.9 Å². The van der Waals surface area contributed by atoms with E-state index in [2.05, 4.69) is 43.1 Å². The molecular weight excluding hydrogens is 294 g/mol. The van der Waals surface area contributed by atoms with Gasteiger partial charge in [0.2, 0.25) is 0 Å². The summed E-state index contributed by atoms with van der Waals surface area (Å²) in [6, 6.07) is 0.584. The first-order valence-corrected chi connectivity index (χ1v) is 7.31. The molecular formula is C12H20BrN5. The van der Waals surface area contributed by atoms with Crippen molar-refractivity contribution in [2.45, 2.75) is 45.1 Å². The minimum absolute atomic E-state index is 0.584. The van der Waals surface area contributed by atoms with E-state index >= 15 is 0 Å². The topological polar surface area (TPSA) is 67.1 Å². The summed E-state index contributed by atoms with van der Waals surface area (Å²) in [6.45, 7) is 3.29. The molecule has 1 atom stereocenters. The van der Waals surface area contributed by atoms with Crippen LogP contribution in [0.15, 0.2) is 10.8 Å². The van der Waals surface area contributed by atoms with Crippen LogP contribution < -0.4 is 16.2 Å². The predicted molar refractivity (Wildman–Crippen MR) is 77.4 cm³/mol. The Kier molecular flexibility index (Phi) is 4.77. The molecule has 1 fully saturated rings. The third-order valence-corrected chi connectivity index (χ3v) is 4.16. The van der Waals surface area contributed by atoms with Gasteiger partial charge in [-0.05, 0) is 41.6 Å². The van der Waals surface area contributed by atoms with Gasteiger partial charge in [-0.25, -0.2) is 15.8 Å². The second-order valence-electron chi connectivity index (χ2n) is 4.64. The highest BCUT2D eigenvalue weighted by molar-refractivity contribution is 9.10. The lowest BCUT2D eigenvalue weighted by atomic mass is 9.98. The molecule has 1 aliphatic rings. The first kappa shape index (κ1) is 13.5. The molecule has 0 spiro atoms. The number of hydrogen-bond donors (Lipinski definition) is 2. The van der Waals surface area contributed by atoms with E-state index < -0.39 is 0 Å². The number of nitrogens with two attached hydrogens (primary N) is 1. The summed E-state index contributed by atoms with van der Waals surface area (Å²) in [5.41, 5.74) is 2.60. The van der Waals surface area contributed by atoms with E-state index in [9.17, 15) is 0 Å². The van der Waals surface area contributed by atoms with Crippen molar-refractivity contribution in [2.24, 2.45) is 5.84 Å². The van der Waals surface area contributed by atoms with Gasteiger partial charge in [0.05, 0.1) is 0 Å². The molecule has 100 valence electrons. The van der Waals surface area contributed by atoms with Crippen LogP contribution in [0.5, 0.6) is 0 Å². The zero-order valence-corrected chi connectivity index (χ0v) is 12.3. The maximum absolute atomic E-state index is 5.45. The molecule has 1 unspecified atom stereocenters. The molecule has 1 aromatic heterocycles. The van der Waals surface area contributed by atoms with Crippen LogP contribution in [0.25, 0.3) is 0 Å². The highest BCUT2D eigenvalue weighted by atomic mass is 79.9. The number of rotatable bonds is 4. The zero-order valence-electron chi connectivity index (χ0n) is 10.7. The maximum Gasteiger partial charge on any atom is 0.159 e.